The highest BCUT2D eigenvalue weighted by Crippen LogP contribution is 2.21. The zero-order chi connectivity index (χ0) is 18.4. The van der Waals surface area contributed by atoms with Crippen LogP contribution in [0.2, 0.25) is 0 Å². The van der Waals surface area contributed by atoms with E-state index in [-0.39, 0.29) is 10.8 Å². The highest BCUT2D eigenvalue weighted by Gasteiger charge is 2.16. The molecule has 1 amide bonds. The summed E-state index contributed by atoms with van der Waals surface area (Å²) in [5, 5.41) is 2.70. The largest absolute Gasteiger partial charge is 0.490 e. The molecule has 0 aliphatic carbocycles. The van der Waals surface area contributed by atoms with E-state index in [0.29, 0.717) is 29.2 Å². The van der Waals surface area contributed by atoms with E-state index in [2.05, 4.69) is 16.6 Å². The van der Waals surface area contributed by atoms with Crippen LogP contribution in [0.15, 0.2) is 60.0 Å². The van der Waals surface area contributed by atoms with Gasteiger partial charge in [-0.3, -0.25) is 4.79 Å². The number of aryl methyl sites for hydroxylation is 1. The molecule has 0 fully saturated rings. The van der Waals surface area contributed by atoms with Crippen LogP contribution in [0.5, 0.6) is 5.75 Å². The zero-order valence-electron chi connectivity index (χ0n) is 14.1. The molecule has 132 valence electrons. The second kappa shape index (κ2) is 7.96. The van der Waals surface area contributed by atoms with E-state index < -0.39 is 10.0 Å². The van der Waals surface area contributed by atoms with E-state index in [4.69, 9.17) is 4.74 Å². The van der Waals surface area contributed by atoms with Gasteiger partial charge in [-0.2, -0.15) is 0 Å². The summed E-state index contributed by atoms with van der Waals surface area (Å²) in [6, 6.07) is 11.4. The summed E-state index contributed by atoms with van der Waals surface area (Å²) in [5.41, 5.74) is 1.43. The van der Waals surface area contributed by atoms with Crippen molar-refractivity contribution in [1.82, 2.24) is 4.72 Å². The third-order valence-electron chi connectivity index (χ3n) is 3.49. The van der Waals surface area contributed by atoms with Crippen molar-refractivity contribution in [2.45, 2.75) is 11.8 Å². The van der Waals surface area contributed by atoms with Gasteiger partial charge in [0.15, 0.2) is 0 Å². The maximum atomic E-state index is 12.3. The SMILES string of the molecule is C=CCOc1ccc(C(=O)Nc2ccc(C)c(S(=O)(=O)NC)c2)cc1. The van der Waals surface area contributed by atoms with Crippen molar-refractivity contribution in [2.24, 2.45) is 0 Å². The molecule has 0 aliphatic heterocycles. The Hall–Kier alpha value is -2.64. The molecule has 2 aromatic carbocycles. The smallest absolute Gasteiger partial charge is 0.255 e. The predicted octanol–water partition coefficient (Wildman–Crippen LogP) is 2.72. The molecule has 2 rings (SSSR count). The molecule has 0 aliphatic rings. The van der Waals surface area contributed by atoms with Crippen LogP contribution in [0, 0.1) is 6.92 Å². The maximum Gasteiger partial charge on any atom is 0.255 e. The van der Waals surface area contributed by atoms with Crippen molar-refractivity contribution in [2.75, 3.05) is 19.0 Å². The van der Waals surface area contributed by atoms with Crippen molar-refractivity contribution in [3.63, 3.8) is 0 Å². The third kappa shape index (κ3) is 4.68. The van der Waals surface area contributed by atoms with Gasteiger partial charge in [0.2, 0.25) is 10.0 Å². The molecule has 0 saturated heterocycles. The molecule has 2 N–H and O–H groups in total. The van der Waals surface area contributed by atoms with E-state index in [0.717, 1.165) is 0 Å². The molecule has 0 atom stereocenters. The minimum Gasteiger partial charge on any atom is -0.490 e. The summed E-state index contributed by atoms with van der Waals surface area (Å²) in [5.74, 6) is 0.293. The Morgan fingerprint density at radius 2 is 1.88 bits per heavy atom. The average molecular weight is 360 g/mol. The van der Waals surface area contributed by atoms with Gasteiger partial charge in [0.1, 0.15) is 12.4 Å². The fourth-order valence-electron chi connectivity index (χ4n) is 2.14. The number of carbonyl (C=O) groups excluding carboxylic acids is 1. The highest BCUT2D eigenvalue weighted by atomic mass is 32.2. The Morgan fingerprint density at radius 1 is 1.20 bits per heavy atom. The van der Waals surface area contributed by atoms with E-state index in [9.17, 15) is 13.2 Å². The number of carbonyl (C=O) groups is 1. The van der Waals surface area contributed by atoms with Gasteiger partial charge in [-0.25, -0.2) is 13.1 Å². The molecule has 0 spiro atoms. The molecule has 0 radical (unpaired) electrons. The second-order valence-electron chi connectivity index (χ2n) is 5.27. The van der Waals surface area contributed by atoms with E-state index in [1.54, 1.807) is 49.4 Å². The Kier molecular flexibility index (Phi) is 5.95. The molecule has 0 unspecified atom stereocenters. The number of rotatable bonds is 7. The molecule has 0 bridgehead atoms. The number of hydrogen-bond donors (Lipinski definition) is 2. The second-order valence-corrected chi connectivity index (χ2v) is 7.12. The molecule has 7 heteroatoms. The van der Waals surface area contributed by atoms with Crippen LogP contribution in [-0.2, 0) is 10.0 Å². The number of anilines is 1. The van der Waals surface area contributed by atoms with Gasteiger partial charge < -0.3 is 10.1 Å². The Labute approximate surface area is 147 Å². The lowest BCUT2D eigenvalue weighted by Gasteiger charge is -2.11. The monoisotopic (exact) mass is 360 g/mol. The summed E-state index contributed by atoms with van der Waals surface area (Å²) in [6.07, 6.45) is 1.63. The van der Waals surface area contributed by atoms with Crippen molar-refractivity contribution >= 4 is 21.6 Å². The van der Waals surface area contributed by atoms with Crippen LogP contribution in [-0.4, -0.2) is 28.0 Å². The Balaban J connectivity index is 2.18. The zero-order valence-corrected chi connectivity index (χ0v) is 14.9. The Bertz CT molecular complexity index is 874. The normalized spacial score (nSPS) is 11.0. The first-order valence-corrected chi connectivity index (χ1v) is 9.05. The van der Waals surface area contributed by atoms with Gasteiger partial charge in [0.05, 0.1) is 4.90 Å². The van der Waals surface area contributed by atoms with Crippen LogP contribution in [0.25, 0.3) is 0 Å². The number of amides is 1. The fraction of sp³-hybridized carbons (Fsp3) is 0.167. The van der Waals surface area contributed by atoms with Crippen LogP contribution < -0.4 is 14.8 Å². The Morgan fingerprint density at radius 3 is 2.48 bits per heavy atom. The predicted molar refractivity (Wildman–Crippen MR) is 97.5 cm³/mol. The lowest BCUT2D eigenvalue weighted by Crippen LogP contribution is -2.20. The lowest BCUT2D eigenvalue weighted by molar-refractivity contribution is 0.102. The molecule has 2 aromatic rings. The van der Waals surface area contributed by atoms with Gasteiger partial charge in [0.25, 0.3) is 5.91 Å². The van der Waals surface area contributed by atoms with E-state index >= 15 is 0 Å². The summed E-state index contributed by atoms with van der Waals surface area (Å²) in [4.78, 5) is 12.4. The van der Waals surface area contributed by atoms with Crippen LogP contribution in [0.1, 0.15) is 15.9 Å². The standard InChI is InChI=1S/C18H20N2O4S/c1-4-11-24-16-9-6-14(7-10-16)18(21)20-15-8-5-13(2)17(12-15)25(22,23)19-3/h4-10,12,19H,1,11H2,2-3H3,(H,20,21). The van der Waals surface area contributed by atoms with Crippen molar-refractivity contribution in [3.05, 3.63) is 66.2 Å². The summed E-state index contributed by atoms with van der Waals surface area (Å²) in [6.45, 7) is 5.65. The topological polar surface area (TPSA) is 84.5 Å². The fourth-order valence-corrected chi connectivity index (χ4v) is 3.13. The quantitative estimate of drug-likeness (QED) is 0.744. The summed E-state index contributed by atoms with van der Waals surface area (Å²) < 4.78 is 31.7. The average Bonchev–Trinajstić information content (AvgIpc) is 2.61. The molecular weight excluding hydrogens is 340 g/mol. The van der Waals surface area contributed by atoms with Gasteiger partial charge in [-0.15, -0.1) is 0 Å². The summed E-state index contributed by atoms with van der Waals surface area (Å²) in [7, 11) is -2.25. The third-order valence-corrected chi connectivity index (χ3v) is 5.04. The minimum absolute atomic E-state index is 0.126. The van der Waals surface area contributed by atoms with Crippen molar-refractivity contribution < 1.29 is 17.9 Å². The number of benzene rings is 2. The molecule has 0 aromatic heterocycles. The van der Waals surface area contributed by atoms with Crippen LogP contribution >= 0.6 is 0 Å². The minimum atomic E-state index is -3.59. The first-order valence-electron chi connectivity index (χ1n) is 7.56. The van der Waals surface area contributed by atoms with Crippen LogP contribution in [0.3, 0.4) is 0 Å². The first kappa shape index (κ1) is 18.7. The van der Waals surface area contributed by atoms with Crippen molar-refractivity contribution in [1.29, 1.82) is 0 Å². The molecule has 6 nitrogen and oxygen atoms in total. The maximum absolute atomic E-state index is 12.3. The van der Waals surface area contributed by atoms with Gasteiger partial charge in [0, 0.05) is 11.3 Å². The molecule has 0 saturated carbocycles. The first-order chi connectivity index (χ1) is 11.9. The lowest BCUT2D eigenvalue weighted by atomic mass is 10.2. The van der Waals surface area contributed by atoms with E-state index in [1.165, 1.54) is 13.1 Å². The number of sulfonamides is 1. The number of hydrogen-bond acceptors (Lipinski definition) is 4. The molecule has 25 heavy (non-hydrogen) atoms. The van der Waals surface area contributed by atoms with Gasteiger partial charge >= 0.3 is 0 Å². The molecular formula is C18H20N2O4S. The number of ether oxygens (including phenoxy) is 1. The van der Waals surface area contributed by atoms with Crippen molar-refractivity contribution in [3.8, 4) is 5.75 Å². The summed E-state index contributed by atoms with van der Waals surface area (Å²) >= 11 is 0. The highest BCUT2D eigenvalue weighted by molar-refractivity contribution is 7.89. The van der Waals surface area contributed by atoms with Gasteiger partial charge in [-0.1, -0.05) is 18.7 Å². The van der Waals surface area contributed by atoms with Crippen LogP contribution in [0.4, 0.5) is 5.69 Å². The van der Waals surface area contributed by atoms with Gasteiger partial charge in [-0.05, 0) is 55.9 Å². The van der Waals surface area contributed by atoms with E-state index in [1.807, 2.05) is 0 Å². The number of nitrogens with one attached hydrogen (secondary N) is 2. The molecule has 0 heterocycles.